The van der Waals surface area contributed by atoms with Gasteiger partial charge in [-0.05, 0) is 6.08 Å². The third kappa shape index (κ3) is 3.45. The Kier molecular flexibility index (Phi) is 4.74. The molecular formula is C9H11NO6. The summed E-state index contributed by atoms with van der Waals surface area (Å²) in [5.74, 6) is -2.83. The van der Waals surface area contributed by atoms with Gasteiger partial charge >= 0.3 is 18.0 Å². The van der Waals surface area contributed by atoms with Gasteiger partial charge in [-0.15, -0.1) is 0 Å². The molecule has 0 bridgehead atoms. The lowest BCUT2D eigenvalue weighted by atomic mass is 9.99. The van der Waals surface area contributed by atoms with E-state index in [0.29, 0.717) is 6.08 Å². The van der Waals surface area contributed by atoms with Gasteiger partial charge < -0.3 is 14.9 Å². The van der Waals surface area contributed by atoms with Crippen LogP contribution in [-0.4, -0.2) is 40.9 Å². The van der Waals surface area contributed by atoms with Crippen LogP contribution in [0.15, 0.2) is 24.8 Å². The van der Waals surface area contributed by atoms with Crippen molar-refractivity contribution in [1.29, 1.82) is 0 Å². The smallest absolute Gasteiger partial charge is 0.408 e. The zero-order chi connectivity index (χ0) is 12.8. The van der Waals surface area contributed by atoms with Gasteiger partial charge in [-0.3, -0.25) is 5.32 Å². The first-order valence-electron chi connectivity index (χ1n) is 4.03. The quantitative estimate of drug-likeness (QED) is 0.451. The molecule has 0 heterocycles. The van der Waals surface area contributed by atoms with Crippen molar-refractivity contribution in [2.75, 3.05) is 7.11 Å². The van der Waals surface area contributed by atoms with Gasteiger partial charge in [-0.25, -0.2) is 14.4 Å². The van der Waals surface area contributed by atoms with Gasteiger partial charge in [-0.2, -0.15) is 0 Å². The Labute approximate surface area is 91.0 Å². The molecule has 0 aromatic heterocycles. The van der Waals surface area contributed by atoms with Crippen molar-refractivity contribution in [3.63, 3.8) is 0 Å². The van der Waals surface area contributed by atoms with E-state index in [2.05, 4.69) is 11.3 Å². The molecule has 0 aliphatic carbocycles. The third-order valence-corrected chi connectivity index (χ3v) is 1.66. The van der Waals surface area contributed by atoms with E-state index in [-0.39, 0.29) is 0 Å². The van der Waals surface area contributed by atoms with Crippen LogP contribution in [0, 0.1) is 0 Å². The number of hydrogen-bond donors (Lipinski definition) is 3. The number of carboxylic acid groups (broad SMARTS) is 2. The fourth-order valence-corrected chi connectivity index (χ4v) is 0.795. The molecule has 0 saturated carbocycles. The van der Waals surface area contributed by atoms with Crippen molar-refractivity contribution >= 4 is 18.0 Å². The number of nitrogens with one attached hydrogen (secondary N) is 1. The second-order valence-corrected chi connectivity index (χ2v) is 2.67. The number of hydrogen-bond acceptors (Lipinski definition) is 4. The van der Waals surface area contributed by atoms with Crippen molar-refractivity contribution < 1.29 is 29.3 Å². The molecule has 16 heavy (non-hydrogen) atoms. The summed E-state index contributed by atoms with van der Waals surface area (Å²) in [6, 6.07) is 0. The first kappa shape index (κ1) is 13.7. The van der Waals surface area contributed by atoms with Crippen LogP contribution in [0.3, 0.4) is 0 Å². The highest BCUT2D eigenvalue weighted by atomic mass is 16.5. The number of carbonyl (C=O) groups is 3. The average molecular weight is 229 g/mol. The van der Waals surface area contributed by atoms with Gasteiger partial charge in [0.1, 0.15) is 0 Å². The molecule has 0 aromatic rings. The summed E-state index contributed by atoms with van der Waals surface area (Å²) >= 11 is 0. The zero-order valence-corrected chi connectivity index (χ0v) is 8.47. The van der Waals surface area contributed by atoms with Crippen LogP contribution in [0.1, 0.15) is 0 Å². The number of carbonyl (C=O) groups excluding carboxylic acids is 1. The summed E-state index contributed by atoms with van der Waals surface area (Å²) in [5.41, 5.74) is -2.01. The van der Waals surface area contributed by atoms with Crippen LogP contribution in [0.25, 0.3) is 0 Å². The molecule has 1 atom stereocenters. The monoisotopic (exact) mass is 229 g/mol. The largest absolute Gasteiger partial charge is 0.479 e. The number of alkyl carbamates (subject to hydrolysis) is 1. The standard InChI is InChI=1S/C9H11NO6/c1-3-9(7(13)14,5-4-6(11)12)10-8(15)16-2/h3-5H,1H2,2H3,(H,10,15)(H,11,12)(H,13,14)/b5-4+. The molecule has 0 aliphatic rings. The molecule has 0 radical (unpaired) electrons. The van der Waals surface area contributed by atoms with E-state index in [1.165, 1.54) is 0 Å². The first-order valence-corrected chi connectivity index (χ1v) is 4.03. The van der Waals surface area contributed by atoms with Crippen LogP contribution in [0.2, 0.25) is 0 Å². The molecule has 0 rings (SSSR count). The lowest BCUT2D eigenvalue weighted by Crippen LogP contribution is -2.51. The Morgan fingerprint density at radius 2 is 1.94 bits per heavy atom. The summed E-state index contributed by atoms with van der Waals surface area (Å²) in [6.45, 7) is 3.22. The minimum Gasteiger partial charge on any atom is -0.479 e. The maximum absolute atomic E-state index is 10.9. The van der Waals surface area contributed by atoms with Gasteiger partial charge in [0.25, 0.3) is 0 Å². The summed E-state index contributed by atoms with van der Waals surface area (Å²) in [4.78, 5) is 32.1. The van der Waals surface area contributed by atoms with Crippen molar-refractivity contribution in [1.82, 2.24) is 5.32 Å². The topological polar surface area (TPSA) is 113 Å². The maximum Gasteiger partial charge on any atom is 0.408 e. The highest BCUT2D eigenvalue weighted by molar-refractivity contribution is 5.91. The molecule has 0 spiro atoms. The highest BCUT2D eigenvalue weighted by Crippen LogP contribution is 2.09. The molecule has 1 amide bonds. The predicted octanol–water partition coefficient (Wildman–Crippen LogP) is -0.00740. The number of ether oxygens (including phenoxy) is 1. The number of methoxy groups -OCH3 is 1. The van der Waals surface area contributed by atoms with Crippen molar-refractivity contribution in [2.24, 2.45) is 0 Å². The molecule has 0 fully saturated rings. The van der Waals surface area contributed by atoms with Crippen LogP contribution >= 0.6 is 0 Å². The first-order chi connectivity index (χ1) is 7.38. The van der Waals surface area contributed by atoms with Crippen LogP contribution < -0.4 is 5.32 Å². The summed E-state index contributed by atoms with van der Waals surface area (Å²) < 4.78 is 4.22. The number of amides is 1. The van der Waals surface area contributed by atoms with Crippen LogP contribution in [0.4, 0.5) is 4.79 Å². The van der Waals surface area contributed by atoms with Gasteiger partial charge in [0, 0.05) is 6.08 Å². The second-order valence-electron chi connectivity index (χ2n) is 2.67. The van der Waals surface area contributed by atoms with E-state index < -0.39 is 23.6 Å². The number of rotatable bonds is 5. The fourth-order valence-electron chi connectivity index (χ4n) is 0.795. The van der Waals surface area contributed by atoms with Crippen LogP contribution in [0.5, 0.6) is 0 Å². The van der Waals surface area contributed by atoms with Gasteiger partial charge in [-0.1, -0.05) is 12.7 Å². The minimum absolute atomic E-state index is 0.589. The molecule has 3 N–H and O–H groups in total. The predicted molar refractivity (Wildman–Crippen MR) is 52.9 cm³/mol. The van der Waals surface area contributed by atoms with Gasteiger partial charge in [0.2, 0.25) is 0 Å². The number of carboxylic acids is 2. The van der Waals surface area contributed by atoms with E-state index in [4.69, 9.17) is 10.2 Å². The van der Waals surface area contributed by atoms with E-state index in [9.17, 15) is 14.4 Å². The lowest BCUT2D eigenvalue weighted by molar-refractivity contribution is -0.140. The second kappa shape index (κ2) is 5.54. The van der Waals surface area contributed by atoms with Crippen molar-refractivity contribution in [2.45, 2.75) is 5.54 Å². The Balaban J connectivity index is 5.15. The van der Waals surface area contributed by atoms with E-state index >= 15 is 0 Å². The molecule has 0 aliphatic heterocycles. The molecule has 88 valence electrons. The normalized spacial score (nSPS) is 13.8. The molecule has 0 saturated heterocycles. The van der Waals surface area contributed by atoms with Crippen molar-refractivity contribution in [3.8, 4) is 0 Å². The summed E-state index contributed by atoms with van der Waals surface area (Å²) in [7, 11) is 1.05. The van der Waals surface area contributed by atoms with E-state index in [1.807, 2.05) is 5.32 Å². The lowest BCUT2D eigenvalue weighted by Gasteiger charge is -2.22. The molecule has 7 heteroatoms. The molecule has 1 unspecified atom stereocenters. The maximum atomic E-state index is 10.9. The van der Waals surface area contributed by atoms with E-state index in [0.717, 1.165) is 19.3 Å². The van der Waals surface area contributed by atoms with Gasteiger partial charge in [0.05, 0.1) is 7.11 Å². The number of aliphatic carboxylic acids is 2. The third-order valence-electron chi connectivity index (χ3n) is 1.66. The SMILES string of the molecule is C=CC(/C=C/C(=O)O)(NC(=O)OC)C(=O)O. The molecule has 7 nitrogen and oxygen atoms in total. The summed E-state index contributed by atoms with van der Waals surface area (Å²) in [5, 5.41) is 19.2. The summed E-state index contributed by atoms with van der Waals surface area (Å²) in [6.07, 6.45) is 1.23. The minimum atomic E-state index is -2.01. The Hall–Kier alpha value is -2.31. The average Bonchev–Trinajstić information content (AvgIpc) is 2.23. The Morgan fingerprint density at radius 3 is 2.25 bits per heavy atom. The Bertz CT molecular complexity index is 348. The zero-order valence-electron chi connectivity index (χ0n) is 8.47. The Morgan fingerprint density at radius 1 is 1.38 bits per heavy atom. The van der Waals surface area contributed by atoms with E-state index in [1.54, 1.807) is 0 Å². The van der Waals surface area contributed by atoms with Crippen molar-refractivity contribution in [3.05, 3.63) is 24.8 Å². The molecule has 0 aromatic carbocycles. The van der Waals surface area contributed by atoms with Crippen LogP contribution in [-0.2, 0) is 14.3 Å². The van der Waals surface area contributed by atoms with Gasteiger partial charge in [0.15, 0.2) is 5.54 Å². The fraction of sp³-hybridized carbons (Fsp3) is 0.222. The molecular weight excluding hydrogens is 218 g/mol. The highest BCUT2D eigenvalue weighted by Gasteiger charge is 2.35.